The molecule has 1 aromatic heterocycles. The van der Waals surface area contributed by atoms with Crippen LogP contribution >= 0.6 is 0 Å². The van der Waals surface area contributed by atoms with E-state index in [1.807, 2.05) is 24.3 Å². The number of pyridine rings is 1. The number of rotatable bonds is 5. The van der Waals surface area contributed by atoms with Gasteiger partial charge in [0, 0.05) is 18.2 Å². The van der Waals surface area contributed by atoms with Crippen LogP contribution in [-0.4, -0.2) is 41.7 Å². The number of carboxylic acid groups (broad SMARTS) is 1. The van der Waals surface area contributed by atoms with Gasteiger partial charge in [0.05, 0.1) is 17.6 Å². The minimum Gasteiger partial charge on any atom is -0.479 e. The van der Waals surface area contributed by atoms with Gasteiger partial charge in [-0.2, -0.15) is 0 Å². The molecule has 1 aliphatic rings. The zero-order valence-corrected chi connectivity index (χ0v) is 12.8. The molecule has 1 heterocycles. The Labute approximate surface area is 133 Å². The summed E-state index contributed by atoms with van der Waals surface area (Å²) in [6, 6.07) is 7.53. The molecule has 1 aliphatic carbocycles. The van der Waals surface area contributed by atoms with E-state index in [1.54, 1.807) is 0 Å². The number of hydrogen-bond donors (Lipinski definition) is 2. The Balaban J connectivity index is 1.95. The van der Waals surface area contributed by atoms with Crippen molar-refractivity contribution in [2.24, 2.45) is 0 Å². The van der Waals surface area contributed by atoms with Crippen LogP contribution in [0.25, 0.3) is 10.9 Å². The lowest BCUT2D eigenvalue weighted by Gasteiger charge is -2.15. The SMILES string of the molecule is COC(CNC(=O)c1c2c(nc3ccccc13)CCC2)C(=O)O. The lowest BCUT2D eigenvalue weighted by Crippen LogP contribution is -2.38. The highest BCUT2D eigenvalue weighted by molar-refractivity contribution is 6.08. The summed E-state index contributed by atoms with van der Waals surface area (Å²) in [6.07, 6.45) is 1.62. The van der Waals surface area contributed by atoms with E-state index in [9.17, 15) is 9.59 Å². The number of methoxy groups -OCH3 is 1. The van der Waals surface area contributed by atoms with E-state index < -0.39 is 12.1 Å². The molecule has 1 unspecified atom stereocenters. The monoisotopic (exact) mass is 314 g/mol. The van der Waals surface area contributed by atoms with E-state index >= 15 is 0 Å². The van der Waals surface area contributed by atoms with Gasteiger partial charge >= 0.3 is 5.97 Å². The third-order valence-electron chi connectivity index (χ3n) is 4.15. The third kappa shape index (κ3) is 2.90. The number of carbonyl (C=O) groups is 2. The molecule has 0 radical (unpaired) electrons. The van der Waals surface area contributed by atoms with Crippen molar-refractivity contribution in [3.8, 4) is 0 Å². The van der Waals surface area contributed by atoms with Crippen molar-refractivity contribution in [1.29, 1.82) is 0 Å². The first kappa shape index (κ1) is 15.4. The van der Waals surface area contributed by atoms with Crippen LogP contribution in [0.4, 0.5) is 0 Å². The first-order chi connectivity index (χ1) is 11.1. The molecule has 0 aliphatic heterocycles. The maximum Gasteiger partial charge on any atom is 0.334 e. The number of nitrogens with zero attached hydrogens (tertiary/aromatic N) is 1. The summed E-state index contributed by atoms with van der Waals surface area (Å²) in [4.78, 5) is 28.3. The van der Waals surface area contributed by atoms with E-state index in [0.717, 1.165) is 41.4 Å². The van der Waals surface area contributed by atoms with Crippen LogP contribution in [0.5, 0.6) is 0 Å². The minimum absolute atomic E-state index is 0.0733. The first-order valence-corrected chi connectivity index (χ1v) is 7.56. The summed E-state index contributed by atoms with van der Waals surface area (Å²) in [5.41, 5.74) is 3.35. The highest BCUT2D eigenvalue weighted by atomic mass is 16.5. The third-order valence-corrected chi connectivity index (χ3v) is 4.15. The Morgan fingerprint density at radius 2 is 2.13 bits per heavy atom. The van der Waals surface area contributed by atoms with Gasteiger partial charge in [-0.3, -0.25) is 9.78 Å². The maximum absolute atomic E-state index is 12.7. The van der Waals surface area contributed by atoms with Gasteiger partial charge in [0.2, 0.25) is 0 Å². The summed E-state index contributed by atoms with van der Waals surface area (Å²) in [5, 5.41) is 12.5. The van der Waals surface area contributed by atoms with Crippen LogP contribution in [0.3, 0.4) is 0 Å². The largest absolute Gasteiger partial charge is 0.479 e. The predicted octanol–water partition coefficient (Wildman–Crippen LogP) is 1.55. The lowest BCUT2D eigenvalue weighted by molar-refractivity contribution is -0.148. The molecule has 23 heavy (non-hydrogen) atoms. The predicted molar refractivity (Wildman–Crippen MR) is 84.5 cm³/mol. The Bertz CT molecular complexity index is 773. The average molecular weight is 314 g/mol. The number of benzene rings is 1. The van der Waals surface area contributed by atoms with Gasteiger partial charge in [-0.05, 0) is 30.9 Å². The Kier molecular flexibility index (Phi) is 4.25. The molecular weight excluding hydrogens is 296 g/mol. The molecule has 6 heteroatoms. The van der Waals surface area contributed by atoms with Crippen LogP contribution < -0.4 is 5.32 Å². The summed E-state index contributed by atoms with van der Waals surface area (Å²) in [5.74, 6) is -1.37. The number of fused-ring (bicyclic) bond motifs is 2. The second-order valence-corrected chi connectivity index (χ2v) is 5.56. The molecule has 6 nitrogen and oxygen atoms in total. The molecule has 1 aromatic carbocycles. The number of nitrogens with one attached hydrogen (secondary N) is 1. The summed E-state index contributed by atoms with van der Waals surface area (Å²) < 4.78 is 4.85. The van der Waals surface area contributed by atoms with Crippen molar-refractivity contribution in [2.45, 2.75) is 25.4 Å². The van der Waals surface area contributed by atoms with Crippen molar-refractivity contribution < 1.29 is 19.4 Å². The van der Waals surface area contributed by atoms with Crippen LogP contribution in [0.1, 0.15) is 28.0 Å². The maximum atomic E-state index is 12.7. The van der Waals surface area contributed by atoms with Crippen LogP contribution in [0.2, 0.25) is 0 Å². The first-order valence-electron chi connectivity index (χ1n) is 7.56. The molecule has 2 aromatic rings. The number of aryl methyl sites for hydroxylation is 1. The molecule has 0 saturated heterocycles. The molecule has 0 spiro atoms. The topological polar surface area (TPSA) is 88.5 Å². The molecule has 3 rings (SSSR count). The summed E-state index contributed by atoms with van der Waals surface area (Å²) in [6.45, 7) is -0.0733. The fraction of sp³-hybridized carbons (Fsp3) is 0.353. The number of amides is 1. The summed E-state index contributed by atoms with van der Waals surface area (Å²) in [7, 11) is 1.31. The van der Waals surface area contributed by atoms with Crippen LogP contribution in [0, 0.1) is 0 Å². The van der Waals surface area contributed by atoms with Crippen molar-refractivity contribution in [3.05, 3.63) is 41.1 Å². The molecule has 0 saturated carbocycles. The number of ether oxygens (including phenoxy) is 1. The van der Waals surface area contributed by atoms with Gasteiger partial charge < -0.3 is 15.2 Å². The molecular formula is C17H18N2O4. The van der Waals surface area contributed by atoms with Gasteiger partial charge in [0.15, 0.2) is 6.10 Å². The zero-order valence-electron chi connectivity index (χ0n) is 12.8. The van der Waals surface area contributed by atoms with Gasteiger partial charge in [-0.15, -0.1) is 0 Å². The molecule has 0 fully saturated rings. The number of aromatic nitrogens is 1. The van der Waals surface area contributed by atoms with Crippen molar-refractivity contribution in [3.63, 3.8) is 0 Å². The number of hydrogen-bond acceptors (Lipinski definition) is 4. The van der Waals surface area contributed by atoms with E-state index in [-0.39, 0.29) is 12.5 Å². The lowest BCUT2D eigenvalue weighted by atomic mass is 10.0. The van der Waals surface area contributed by atoms with E-state index in [1.165, 1.54) is 7.11 Å². The van der Waals surface area contributed by atoms with E-state index in [4.69, 9.17) is 9.84 Å². The van der Waals surface area contributed by atoms with Crippen molar-refractivity contribution in [2.75, 3.05) is 13.7 Å². The standard InChI is InChI=1S/C17H18N2O4/c1-23-14(17(21)22)9-18-16(20)15-10-5-2-3-7-12(10)19-13-8-4-6-11(13)15/h2-3,5,7,14H,4,6,8-9H2,1H3,(H,18,20)(H,21,22). The van der Waals surface area contributed by atoms with Crippen molar-refractivity contribution in [1.82, 2.24) is 10.3 Å². The highest BCUT2D eigenvalue weighted by Gasteiger charge is 2.25. The Morgan fingerprint density at radius 1 is 1.35 bits per heavy atom. The van der Waals surface area contributed by atoms with Gasteiger partial charge in [0.1, 0.15) is 0 Å². The summed E-state index contributed by atoms with van der Waals surface area (Å²) >= 11 is 0. The molecule has 0 bridgehead atoms. The number of carbonyl (C=O) groups excluding carboxylic acids is 1. The van der Waals surface area contributed by atoms with Gasteiger partial charge in [0.25, 0.3) is 5.91 Å². The van der Waals surface area contributed by atoms with Crippen molar-refractivity contribution >= 4 is 22.8 Å². The highest BCUT2D eigenvalue weighted by Crippen LogP contribution is 2.29. The van der Waals surface area contributed by atoms with Crippen LogP contribution in [-0.2, 0) is 22.4 Å². The fourth-order valence-corrected chi connectivity index (χ4v) is 3.02. The molecule has 1 atom stereocenters. The quantitative estimate of drug-likeness (QED) is 0.874. The molecule has 2 N–H and O–H groups in total. The second kappa shape index (κ2) is 6.34. The Hall–Kier alpha value is -2.47. The van der Waals surface area contributed by atoms with Gasteiger partial charge in [-0.25, -0.2) is 4.79 Å². The number of aliphatic carboxylic acids is 1. The van der Waals surface area contributed by atoms with E-state index in [2.05, 4.69) is 10.3 Å². The Morgan fingerprint density at radius 3 is 2.87 bits per heavy atom. The van der Waals surface area contributed by atoms with E-state index in [0.29, 0.717) is 5.56 Å². The van der Waals surface area contributed by atoms with Crippen LogP contribution in [0.15, 0.2) is 24.3 Å². The zero-order chi connectivity index (χ0) is 16.4. The fourth-order valence-electron chi connectivity index (χ4n) is 3.02. The smallest absolute Gasteiger partial charge is 0.334 e. The average Bonchev–Trinajstić information content (AvgIpc) is 3.00. The van der Waals surface area contributed by atoms with Gasteiger partial charge in [-0.1, -0.05) is 18.2 Å². The number of carboxylic acids is 1. The molecule has 120 valence electrons. The normalized spacial score (nSPS) is 14.5. The number of para-hydroxylation sites is 1. The minimum atomic E-state index is -1.10. The molecule has 1 amide bonds. The second-order valence-electron chi connectivity index (χ2n) is 5.56.